The summed E-state index contributed by atoms with van der Waals surface area (Å²) in [7, 11) is 0. The molecule has 0 radical (unpaired) electrons. The second kappa shape index (κ2) is 8.43. The summed E-state index contributed by atoms with van der Waals surface area (Å²) in [5.41, 5.74) is 5.31. The van der Waals surface area contributed by atoms with Gasteiger partial charge in [0.15, 0.2) is 17.5 Å². The van der Waals surface area contributed by atoms with E-state index in [4.69, 9.17) is 45.3 Å². The highest BCUT2D eigenvalue weighted by molar-refractivity contribution is 6.46. The van der Waals surface area contributed by atoms with Crippen LogP contribution in [0, 0.1) is 11.8 Å². The number of hydrogen-bond donors (Lipinski definition) is 2. The molecule has 9 heteroatoms. The number of halogens is 3. The van der Waals surface area contributed by atoms with Crippen molar-refractivity contribution in [1.82, 2.24) is 10.3 Å². The summed E-state index contributed by atoms with van der Waals surface area (Å²) in [5.74, 6) is -0.345. The third-order valence-corrected chi connectivity index (χ3v) is 5.79. The van der Waals surface area contributed by atoms with Gasteiger partial charge < -0.3 is 15.8 Å². The van der Waals surface area contributed by atoms with E-state index in [9.17, 15) is 9.59 Å². The van der Waals surface area contributed by atoms with E-state index in [2.05, 4.69) is 24.1 Å². The number of amides is 1. The van der Waals surface area contributed by atoms with Gasteiger partial charge in [-0.25, -0.2) is 9.78 Å². The first-order valence-electron chi connectivity index (χ1n) is 7.98. The van der Waals surface area contributed by atoms with Crippen LogP contribution in [0.4, 0.5) is 5.69 Å². The number of carbonyl (C=O) groups excluding carboxylic acids is 2. The van der Waals surface area contributed by atoms with Crippen LogP contribution < -0.4 is 11.1 Å². The van der Waals surface area contributed by atoms with Gasteiger partial charge in [0.1, 0.15) is 5.02 Å². The van der Waals surface area contributed by atoms with Gasteiger partial charge >= 0.3 is 5.97 Å². The Kier molecular flexibility index (Phi) is 6.77. The van der Waals surface area contributed by atoms with Crippen molar-refractivity contribution in [3.8, 4) is 0 Å². The van der Waals surface area contributed by atoms with E-state index in [0.717, 1.165) is 19.3 Å². The van der Waals surface area contributed by atoms with Crippen molar-refractivity contribution in [3.05, 3.63) is 20.9 Å². The lowest BCUT2D eigenvalue weighted by Gasteiger charge is -2.34. The fourth-order valence-corrected chi connectivity index (χ4v) is 3.49. The van der Waals surface area contributed by atoms with E-state index in [0.29, 0.717) is 11.8 Å². The Labute approximate surface area is 161 Å². The molecular formula is C16H20Cl3N3O3. The van der Waals surface area contributed by atoms with Crippen molar-refractivity contribution < 1.29 is 14.3 Å². The molecule has 1 fully saturated rings. The zero-order chi connectivity index (χ0) is 18.7. The van der Waals surface area contributed by atoms with Crippen molar-refractivity contribution in [3.63, 3.8) is 0 Å². The SMILES string of the molecule is C[C@H]1[C@@H](NC(=O)COC(=O)c2nc(Cl)c(Cl)c(N)c2Cl)CCC[C@@H]1C. The molecule has 0 bridgehead atoms. The molecule has 1 saturated carbocycles. The third-order valence-electron chi connectivity index (χ3n) is 4.65. The van der Waals surface area contributed by atoms with Crippen LogP contribution in [0.1, 0.15) is 43.6 Å². The topological polar surface area (TPSA) is 94.3 Å². The number of rotatable bonds is 4. The summed E-state index contributed by atoms with van der Waals surface area (Å²) >= 11 is 17.5. The molecule has 0 saturated heterocycles. The molecule has 1 amide bonds. The number of esters is 1. The molecule has 25 heavy (non-hydrogen) atoms. The van der Waals surface area contributed by atoms with Crippen molar-refractivity contribution in [2.45, 2.75) is 39.2 Å². The smallest absolute Gasteiger partial charge is 0.359 e. The molecule has 0 aliphatic heterocycles. The standard InChI is InChI=1S/C16H20Cl3N3O3/c1-7-4-3-5-9(8(7)2)21-10(23)6-25-16(24)14-11(17)13(20)12(18)15(19)22-14/h7-9H,3-6H2,1-2H3,(H2,20,22)(H,21,23)/t7-,8+,9-/m0/s1. The molecule has 3 atom stereocenters. The number of nitrogens with zero attached hydrogens (tertiary/aromatic N) is 1. The lowest BCUT2D eigenvalue weighted by atomic mass is 9.78. The molecular weight excluding hydrogens is 389 g/mol. The predicted octanol–water partition coefficient (Wildman–Crippen LogP) is 3.72. The number of anilines is 1. The van der Waals surface area contributed by atoms with E-state index in [1.54, 1.807) is 0 Å². The summed E-state index contributed by atoms with van der Waals surface area (Å²) < 4.78 is 4.97. The monoisotopic (exact) mass is 407 g/mol. The lowest BCUT2D eigenvalue weighted by molar-refractivity contribution is -0.125. The van der Waals surface area contributed by atoms with Gasteiger partial charge in [-0.1, -0.05) is 61.5 Å². The minimum Gasteiger partial charge on any atom is -0.451 e. The summed E-state index contributed by atoms with van der Waals surface area (Å²) in [6, 6.07) is 0.0808. The van der Waals surface area contributed by atoms with Crippen LogP contribution in [0.25, 0.3) is 0 Å². The quantitative estimate of drug-likeness (QED) is 0.585. The number of carbonyl (C=O) groups is 2. The zero-order valence-electron chi connectivity index (χ0n) is 13.9. The highest BCUT2D eigenvalue weighted by Crippen LogP contribution is 2.34. The van der Waals surface area contributed by atoms with E-state index in [1.165, 1.54) is 0 Å². The van der Waals surface area contributed by atoms with Crippen LogP contribution in [-0.4, -0.2) is 29.5 Å². The van der Waals surface area contributed by atoms with Crippen LogP contribution in [-0.2, 0) is 9.53 Å². The van der Waals surface area contributed by atoms with Gasteiger partial charge in [0.25, 0.3) is 5.91 Å². The largest absolute Gasteiger partial charge is 0.451 e. The molecule has 1 heterocycles. The molecule has 1 aliphatic rings. The number of hydrogen-bond acceptors (Lipinski definition) is 5. The minimum atomic E-state index is -0.893. The summed E-state index contributed by atoms with van der Waals surface area (Å²) in [4.78, 5) is 27.9. The van der Waals surface area contributed by atoms with E-state index >= 15 is 0 Å². The Morgan fingerprint density at radius 3 is 2.60 bits per heavy atom. The number of pyridine rings is 1. The van der Waals surface area contributed by atoms with E-state index in [1.807, 2.05) is 0 Å². The van der Waals surface area contributed by atoms with Crippen molar-refractivity contribution in [1.29, 1.82) is 0 Å². The molecule has 0 aromatic carbocycles. The van der Waals surface area contributed by atoms with Crippen LogP contribution in [0.2, 0.25) is 15.2 Å². The highest BCUT2D eigenvalue weighted by Gasteiger charge is 2.28. The number of nitrogens with one attached hydrogen (secondary N) is 1. The van der Waals surface area contributed by atoms with Crippen molar-refractivity contribution in [2.75, 3.05) is 12.3 Å². The number of aromatic nitrogens is 1. The number of nitrogen functional groups attached to an aromatic ring is 1. The van der Waals surface area contributed by atoms with E-state index in [-0.39, 0.29) is 38.5 Å². The highest BCUT2D eigenvalue weighted by atomic mass is 35.5. The first-order valence-corrected chi connectivity index (χ1v) is 9.12. The number of ether oxygens (including phenoxy) is 1. The normalized spacial score (nSPS) is 23.2. The Morgan fingerprint density at radius 1 is 1.24 bits per heavy atom. The van der Waals surface area contributed by atoms with Gasteiger partial charge in [0.05, 0.1) is 10.7 Å². The summed E-state index contributed by atoms with van der Waals surface area (Å²) in [5, 5.41) is 2.55. The molecule has 1 aliphatic carbocycles. The average molecular weight is 409 g/mol. The molecule has 2 rings (SSSR count). The Bertz CT molecular complexity index is 684. The summed E-state index contributed by atoms with van der Waals surface area (Å²) in [6.45, 7) is 3.85. The number of nitrogens with two attached hydrogens (primary N) is 1. The molecule has 1 aromatic rings. The van der Waals surface area contributed by atoms with Gasteiger partial charge in [0.2, 0.25) is 0 Å². The minimum absolute atomic E-state index is 0.0404. The zero-order valence-corrected chi connectivity index (χ0v) is 16.2. The van der Waals surface area contributed by atoms with Crippen molar-refractivity contribution in [2.24, 2.45) is 11.8 Å². The fraction of sp³-hybridized carbons (Fsp3) is 0.562. The van der Waals surface area contributed by atoms with Crippen LogP contribution >= 0.6 is 34.8 Å². The van der Waals surface area contributed by atoms with E-state index < -0.39 is 12.6 Å². The third kappa shape index (κ3) is 4.68. The maximum Gasteiger partial charge on any atom is 0.359 e. The predicted molar refractivity (Wildman–Crippen MR) is 98.1 cm³/mol. The second-order valence-electron chi connectivity index (χ2n) is 6.31. The van der Waals surface area contributed by atoms with Crippen LogP contribution in [0.5, 0.6) is 0 Å². The molecule has 6 nitrogen and oxygen atoms in total. The molecule has 0 unspecified atom stereocenters. The summed E-state index contributed by atoms with van der Waals surface area (Å²) in [6.07, 6.45) is 3.14. The molecule has 1 aromatic heterocycles. The van der Waals surface area contributed by atoms with Crippen LogP contribution in [0.15, 0.2) is 0 Å². The Hall–Kier alpha value is -1.24. The van der Waals surface area contributed by atoms with Gasteiger partial charge in [0, 0.05) is 6.04 Å². The van der Waals surface area contributed by atoms with Gasteiger partial charge in [-0.2, -0.15) is 0 Å². The molecule has 138 valence electrons. The van der Waals surface area contributed by atoms with Crippen LogP contribution in [0.3, 0.4) is 0 Å². The maximum atomic E-state index is 12.1. The first kappa shape index (κ1) is 20.1. The van der Waals surface area contributed by atoms with Crippen molar-refractivity contribution >= 4 is 52.4 Å². The lowest BCUT2D eigenvalue weighted by Crippen LogP contribution is -2.45. The Morgan fingerprint density at radius 2 is 1.92 bits per heavy atom. The molecule has 3 N–H and O–H groups in total. The maximum absolute atomic E-state index is 12.1. The Balaban J connectivity index is 1.95. The van der Waals surface area contributed by atoms with Gasteiger partial charge in [-0.15, -0.1) is 0 Å². The van der Waals surface area contributed by atoms with Gasteiger partial charge in [-0.05, 0) is 18.3 Å². The van der Waals surface area contributed by atoms with Gasteiger partial charge in [-0.3, -0.25) is 4.79 Å². The first-order chi connectivity index (χ1) is 11.7. The second-order valence-corrected chi connectivity index (χ2v) is 7.42. The fourth-order valence-electron chi connectivity index (χ4n) is 2.90. The molecule has 0 spiro atoms. The average Bonchev–Trinajstić information content (AvgIpc) is 2.58.